The highest BCUT2D eigenvalue weighted by Gasteiger charge is 2.30. The highest BCUT2D eigenvalue weighted by molar-refractivity contribution is 5.68. The normalized spacial score (nSPS) is 34.9. The number of nitrogens with one attached hydrogen (secondary N) is 3. The Labute approximate surface area is 120 Å². The number of hydrogen-bond acceptors (Lipinski definition) is 6. The summed E-state index contributed by atoms with van der Waals surface area (Å²) in [5.41, 5.74) is 0. The fraction of sp³-hybridized carbons (Fsp3) is 0.923. The molecule has 0 radical (unpaired) electrons. The van der Waals surface area contributed by atoms with Gasteiger partial charge in [-0.15, -0.1) is 0 Å². The second-order valence-corrected chi connectivity index (χ2v) is 5.78. The van der Waals surface area contributed by atoms with Crippen LogP contribution in [0.3, 0.4) is 0 Å². The average Bonchev–Trinajstić information content (AvgIpc) is 2.47. The Kier molecular flexibility index (Phi) is 5.59. The van der Waals surface area contributed by atoms with E-state index in [4.69, 9.17) is 4.74 Å². The van der Waals surface area contributed by atoms with Crippen LogP contribution >= 0.6 is 0 Å². The van der Waals surface area contributed by atoms with E-state index < -0.39 is 0 Å². The van der Waals surface area contributed by atoms with Gasteiger partial charge in [-0.3, -0.25) is 0 Å². The molecule has 2 fully saturated rings. The first-order valence-corrected chi connectivity index (χ1v) is 7.34. The van der Waals surface area contributed by atoms with E-state index in [1.807, 2.05) is 6.92 Å². The van der Waals surface area contributed by atoms with Gasteiger partial charge in [-0.1, -0.05) is 0 Å². The van der Waals surface area contributed by atoms with Crippen LogP contribution in [-0.2, 0) is 4.74 Å². The molecule has 0 aromatic heterocycles. The predicted molar refractivity (Wildman–Crippen MR) is 75.6 cm³/mol. The molecule has 7 nitrogen and oxygen atoms in total. The maximum absolute atomic E-state index is 12.1. The molecule has 4 atom stereocenters. The maximum atomic E-state index is 12.1. The van der Waals surface area contributed by atoms with E-state index in [0.717, 1.165) is 13.1 Å². The number of piperazine rings is 2. The van der Waals surface area contributed by atoms with Gasteiger partial charge >= 0.3 is 6.09 Å². The SMILES string of the molecule is C[C@@H]1CN[C@@H](COC(=O)N2C[C@H](CO)NC[C@H]2C)CN1. The third-order valence-electron chi connectivity index (χ3n) is 3.94. The Morgan fingerprint density at radius 2 is 1.95 bits per heavy atom. The maximum Gasteiger partial charge on any atom is 0.410 e. The number of aliphatic hydroxyl groups excluding tert-OH is 1. The van der Waals surface area contributed by atoms with E-state index in [-0.39, 0.29) is 30.8 Å². The third kappa shape index (κ3) is 4.05. The first-order valence-electron chi connectivity index (χ1n) is 7.34. The van der Waals surface area contributed by atoms with Crippen molar-refractivity contribution in [2.45, 2.75) is 38.0 Å². The van der Waals surface area contributed by atoms with Gasteiger partial charge in [0.2, 0.25) is 0 Å². The summed E-state index contributed by atoms with van der Waals surface area (Å²) >= 11 is 0. The quantitative estimate of drug-likeness (QED) is 0.517. The van der Waals surface area contributed by atoms with Gasteiger partial charge in [0.15, 0.2) is 0 Å². The third-order valence-corrected chi connectivity index (χ3v) is 3.94. The number of carbonyl (C=O) groups is 1. The molecule has 0 unspecified atom stereocenters. The van der Waals surface area contributed by atoms with E-state index in [1.165, 1.54) is 0 Å². The number of ether oxygens (including phenoxy) is 1. The molecule has 2 heterocycles. The zero-order chi connectivity index (χ0) is 14.5. The van der Waals surface area contributed by atoms with Gasteiger partial charge in [0.25, 0.3) is 0 Å². The van der Waals surface area contributed by atoms with Crippen LogP contribution in [0.2, 0.25) is 0 Å². The van der Waals surface area contributed by atoms with Crippen LogP contribution in [0.5, 0.6) is 0 Å². The van der Waals surface area contributed by atoms with E-state index in [1.54, 1.807) is 4.90 Å². The standard InChI is InChI=1S/C13H26N4O3/c1-9-3-15-11(5-14-9)8-20-13(19)17-6-12(7-18)16-4-10(17)2/h9-12,14-16,18H,3-8H2,1-2H3/t9-,10-,11-,12-/m1/s1. The van der Waals surface area contributed by atoms with Crippen molar-refractivity contribution >= 4 is 6.09 Å². The first-order chi connectivity index (χ1) is 9.60. The zero-order valence-electron chi connectivity index (χ0n) is 12.3. The van der Waals surface area contributed by atoms with E-state index in [9.17, 15) is 9.90 Å². The molecule has 4 N–H and O–H groups in total. The summed E-state index contributed by atoms with van der Waals surface area (Å²) in [6, 6.07) is 0.652. The van der Waals surface area contributed by atoms with Crippen molar-refractivity contribution in [3.8, 4) is 0 Å². The second-order valence-electron chi connectivity index (χ2n) is 5.78. The van der Waals surface area contributed by atoms with Gasteiger partial charge in [-0.05, 0) is 13.8 Å². The highest BCUT2D eigenvalue weighted by atomic mass is 16.6. The summed E-state index contributed by atoms with van der Waals surface area (Å²) in [5.74, 6) is 0. The van der Waals surface area contributed by atoms with Crippen molar-refractivity contribution in [1.29, 1.82) is 0 Å². The number of nitrogens with zero attached hydrogens (tertiary/aromatic N) is 1. The summed E-state index contributed by atoms with van der Waals surface area (Å²) in [4.78, 5) is 13.8. The highest BCUT2D eigenvalue weighted by Crippen LogP contribution is 2.09. The Morgan fingerprint density at radius 1 is 1.20 bits per heavy atom. The smallest absolute Gasteiger partial charge is 0.410 e. The molecule has 2 saturated heterocycles. The van der Waals surface area contributed by atoms with Crippen molar-refractivity contribution in [3.05, 3.63) is 0 Å². The summed E-state index contributed by atoms with van der Waals surface area (Å²) in [7, 11) is 0. The molecule has 7 heteroatoms. The molecule has 116 valence electrons. The van der Waals surface area contributed by atoms with Crippen LogP contribution in [0, 0.1) is 0 Å². The van der Waals surface area contributed by atoms with Crippen LogP contribution in [0.15, 0.2) is 0 Å². The molecule has 0 aliphatic carbocycles. The van der Waals surface area contributed by atoms with Gasteiger partial charge in [-0.2, -0.15) is 0 Å². The molecule has 2 rings (SSSR count). The molecule has 2 aliphatic heterocycles. The molecule has 0 aromatic carbocycles. The molecular formula is C13H26N4O3. The molecule has 0 spiro atoms. The van der Waals surface area contributed by atoms with Crippen molar-refractivity contribution < 1.29 is 14.6 Å². The van der Waals surface area contributed by atoms with Gasteiger partial charge in [0.1, 0.15) is 6.61 Å². The molecular weight excluding hydrogens is 260 g/mol. The fourth-order valence-corrected chi connectivity index (χ4v) is 2.51. The summed E-state index contributed by atoms with van der Waals surface area (Å²) in [6.45, 7) is 7.37. The summed E-state index contributed by atoms with van der Waals surface area (Å²) in [5, 5.41) is 19.1. The summed E-state index contributed by atoms with van der Waals surface area (Å²) in [6.07, 6.45) is -0.294. The lowest BCUT2D eigenvalue weighted by atomic mass is 10.1. The van der Waals surface area contributed by atoms with Crippen molar-refractivity contribution in [2.24, 2.45) is 0 Å². The second kappa shape index (κ2) is 7.21. The number of rotatable bonds is 3. The Bertz CT molecular complexity index is 321. The summed E-state index contributed by atoms with van der Waals surface area (Å²) < 4.78 is 5.39. The van der Waals surface area contributed by atoms with Crippen LogP contribution in [0.25, 0.3) is 0 Å². The Morgan fingerprint density at radius 3 is 2.60 bits per heavy atom. The minimum absolute atomic E-state index is 0.0302. The van der Waals surface area contributed by atoms with E-state index >= 15 is 0 Å². The monoisotopic (exact) mass is 286 g/mol. The lowest BCUT2D eigenvalue weighted by molar-refractivity contribution is 0.0562. The van der Waals surface area contributed by atoms with Crippen molar-refractivity contribution in [1.82, 2.24) is 20.9 Å². The topological polar surface area (TPSA) is 85.9 Å². The predicted octanol–water partition coefficient (Wildman–Crippen LogP) is -1.27. The largest absolute Gasteiger partial charge is 0.448 e. The lowest BCUT2D eigenvalue weighted by Gasteiger charge is -2.37. The number of carbonyl (C=O) groups excluding carboxylic acids is 1. The number of hydrogen-bond donors (Lipinski definition) is 4. The van der Waals surface area contributed by atoms with Crippen LogP contribution < -0.4 is 16.0 Å². The fourth-order valence-electron chi connectivity index (χ4n) is 2.51. The van der Waals surface area contributed by atoms with Crippen LogP contribution in [-0.4, -0.2) is 79.7 Å². The van der Waals surface area contributed by atoms with Crippen LogP contribution in [0.1, 0.15) is 13.8 Å². The minimum atomic E-state index is -0.294. The zero-order valence-corrected chi connectivity index (χ0v) is 12.3. The van der Waals surface area contributed by atoms with Gasteiger partial charge in [0.05, 0.1) is 12.6 Å². The molecule has 1 amide bonds. The molecule has 0 aromatic rings. The van der Waals surface area contributed by atoms with Gasteiger partial charge in [0, 0.05) is 44.3 Å². The number of aliphatic hydroxyl groups is 1. The first kappa shape index (κ1) is 15.5. The molecule has 0 bridgehead atoms. The molecule has 0 saturated carbocycles. The van der Waals surface area contributed by atoms with Gasteiger partial charge < -0.3 is 30.7 Å². The number of amides is 1. The van der Waals surface area contributed by atoms with E-state index in [2.05, 4.69) is 22.9 Å². The van der Waals surface area contributed by atoms with Crippen LogP contribution in [0.4, 0.5) is 4.79 Å². The Balaban J connectivity index is 1.75. The molecule has 2 aliphatic rings. The Hall–Kier alpha value is -0.890. The van der Waals surface area contributed by atoms with E-state index in [0.29, 0.717) is 25.7 Å². The van der Waals surface area contributed by atoms with Gasteiger partial charge in [-0.25, -0.2) is 4.79 Å². The molecule has 20 heavy (non-hydrogen) atoms. The van der Waals surface area contributed by atoms with Crippen molar-refractivity contribution in [2.75, 3.05) is 39.4 Å². The van der Waals surface area contributed by atoms with Crippen molar-refractivity contribution in [3.63, 3.8) is 0 Å². The minimum Gasteiger partial charge on any atom is -0.448 e. The lowest BCUT2D eigenvalue weighted by Crippen LogP contribution is -2.59. The average molecular weight is 286 g/mol.